The largest absolute Gasteiger partial charge is 0.400 e. The SMILES string of the molecule is CC(C)(N)C(N)=C(c1ccccc1)c1ccccc1. The topological polar surface area (TPSA) is 52.0 Å². The molecule has 0 unspecified atom stereocenters. The van der Waals surface area contributed by atoms with E-state index in [0.29, 0.717) is 5.70 Å². The Morgan fingerprint density at radius 3 is 1.47 bits per heavy atom. The van der Waals surface area contributed by atoms with E-state index in [0.717, 1.165) is 16.7 Å². The third-order valence-corrected chi connectivity index (χ3v) is 3.09. The minimum Gasteiger partial charge on any atom is -0.400 e. The number of rotatable bonds is 3. The van der Waals surface area contributed by atoms with E-state index in [4.69, 9.17) is 11.5 Å². The van der Waals surface area contributed by atoms with E-state index in [1.807, 2.05) is 50.2 Å². The highest BCUT2D eigenvalue weighted by Gasteiger charge is 2.20. The maximum Gasteiger partial charge on any atom is 0.0505 e. The maximum atomic E-state index is 6.31. The van der Waals surface area contributed by atoms with E-state index >= 15 is 0 Å². The molecule has 0 saturated heterocycles. The van der Waals surface area contributed by atoms with Crippen molar-refractivity contribution in [2.75, 3.05) is 0 Å². The van der Waals surface area contributed by atoms with Gasteiger partial charge in [0.1, 0.15) is 0 Å². The number of nitrogens with two attached hydrogens (primary N) is 2. The van der Waals surface area contributed by atoms with E-state index in [1.54, 1.807) is 0 Å². The van der Waals surface area contributed by atoms with Crippen LogP contribution >= 0.6 is 0 Å². The summed E-state index contributed by atoms with van der Waals surface area (Å²) in [5.74, 6) is 0. The Balaban J connectivity index is 2.66. The van der Waals surface area contributed by atoms with Crippen LogP contribution in [0.5, 0.6) is 0 Å². The van der Waals surface area contributed by atoms with Crippen molar-refractivity contribution in [3.05, 3.63) is 77.5 Å². The minimum atomic E-state index is -0.555. The van der Waals surface area contributed by atoms with Crippen molar-refractivity contribution in [3.8, 4) is 0 Å². The van der Waals surface area contributed by atoms with Gasteiger partial charge in [0.2, 0.25) is 0 Å². The summed E-state index contributed by atoms with van der Waals surface area (Å²) in [4.78, 5) is 0. The molecule has 0 radical (unpaired) electrons. The Morgan fingerprint density at radius 1 is 0.789 bits per heavy atom. The van der Waals surface area contributed by atoms with Crippen molar-refractivity contribution in [3.63, 3.8) is 0 Å². The summed E-state index contributed by atoms with van der Waals surface area (Å²) in [6.45, 7) is 3.85. The average Bonchev–Trinajstić information content (AvgIpc) is 2.40. The second-order valence-corrected chi connectivity index (χ2v) is 5.24. The summed E-state index contributed by atoms with van der Waals surface area (Å²) in [6.07, 6.45) is 0. The Bertz CT molecular complexity index is 522. The molecule has 98 valence electrons. The van der Waals surface area contributed by atoms with Gasteiger partial charge in [0.15, 0.2) is 0 Å². The van der Waals surface area contributed by atoms with Crippen LogP contribution in [0.1, 0.15) is 25.0 Å². The van der Waals surface area contributed by atoms with Gasteiger partial charge in [-0.2, -0.15) is 0 Å². The maximum absolute atomic E-state index is 6.31. The van der Waals surface area contributed by atoms with Crippen molar-refractivity contribution >= 4 is 5.57 Å². The van der Waals surface area contributed by atoms with Crippen molar-refractivity contribution in [1.29, 1.82) is 0 Å². The van der Waals surface area contributed by atoms with Gasteiger partial charge in [-0.25, -0.2) is 0 Å². The molecule has 2 heteroatoms. The molecular formula is C17H20N2. The van der Waals surface area contributed by atoms with E-state index in [-0.39, 0.29) is 0 Å². The van der Waals surface area contributed by atoms with E-state index in [9.17, 15) is 0 Å². The predicted molar refractivity (Wildman–Crippen MR) is 81.4 cm³/mol. The molecule has 4 N–H and O–H groups in total. The van der Waals surface area contributed by atoms with Crippen LogP contribution in [0.3, 0.4) is 0 Å². The van der Waals surface area contributed by atoms with Gasteiger partial charge in [-0.1, -0.05) is 60.7 Å². The molecule has 0 aromatic heterocycles. The highest BCUT2D eigenvalue weighted by Crippen LogP contribution is 2.28. The van der Waals surface area contributed by atoms with Crippen molar-refractivity contribution in [2.24, 2.45) is 11.5 Å². The van der Waals surface area contributed by atoms with Gasteiger partial charge >= 0.3 is 0 Å². The first-order chi connectivity index (χ1) is 9.00. The predicted octanol–water partition coefficient (Wildman–Crippen LogP) is 3.14. The molecule has 2 nitrogen and oxygen atoms in total. The lowest BCUT2D eigenvalue weighted by Gasteiger charge is -2.24. The summed E-state index contributed by atoms with van der Waals surface area (Å²) in [5, 5.41) is 0. The third kappa shape index (κ3) is 3.04. The van der Waals surface area contributed by atoms with Crippen molar-refractivity contribution in [2.45, 2.75) is 19.4 Å². The quantitative estimate of drug-likeness (QED) is 0.881. The Morgan fingerprint density at radius 2 is 1.16 bits per heavy atom. The van der Waals surface area contributed by atoms with Crippen LogP contribution in [0, 0.1) is 0 Å². The number of benzene rings is 2. The van der Waals surface area contributed by atoms with Crippen LogP contribution in [-0.2, 0) is 0 Å². The fraction of sp³-hybridized carbons (Fsp3) is 0.176. The molecule has 0 heterocycles. The van der Waals surface area contributed by atoms with Gasteiger partial charge in [0.25, 0.3) is 0 Å². The Labute approximate surface area is 114 Å². The van der Waals surface area contributed by atoms with Gasteiger partial charge in [0, 0.05) is 11.3 Å². The zero-order valence-electron chi connectivity index (χ0n) is 11.4. The lowest BCUT2D eigenvalue weighted by atomic mass is 9.89. The molecule has 0 amide bonds. The van der Waals surface area contributed by atoms with Gasteiger partial charge in [-0.15, -0.1) is 0 Å². The van der Waals surface area contributed by atoms with Crippen LogP contribution in [0.4, 0.5) is 0 Å². The lowest BCUT2D eigenvalue weighted by molar-refractivity contribution is 0.606. The molecule has 0 saturated carbocycles. The standard InChI is InChI=1S/C17H20N2/c1-17(2,19)16(18)15(13-9-5-3-6-10-13)14-11-7-4-8-12-14/h3-12H,18-19H2,1-2H3. The summed E-state index contributed by atoms with van der Waals surface area (Å²) in [7, 11) is 0. The summed E-state index contributed by atoms with van der Waals surface area (Å²) >= 11 is 0. The van der Waals surface area contributed by atoms with Crippen molar-refractivity contribution < 1.29 is 0 Å². The molecule has 0 fully saturated rings. The summed E-state index contributed by atoms with van der Waals surface area (Å²) < 4.78 is 0. The van der Waals surface area contributed by atoms with E-state index in [2.05, 4.69) is 24.3 Å². The van der Waals surface area contributed by atoms with Gasteiger partial charge in [-0.3, -0.25) is 0 Å². The van der Waals surface area contributed by atoms with Gasteiger partial charge < -0.3 is 11.5 Å². The van der Waals surface area contributed by atoms with Crippen LogP contribution < -0.4 is 11.5 Å². The average molecular weight is 252 g/mol. The number of hydrogen-bond donors (Lipinski definition) is 2. The highest BCUT2D eigenvalue weighted by molar-refractivity contribution is 5.82. The molecular weight excluding hydrogens is 232 g/mol. The van der Waals surface area contributed by atoms with Crippen LogP contribution in [-0.4, -0.2) is 5.54 Å². The molecule has 0 atom stereocenters. The first-order valence-electron chi connectivity index (χ1n) is 6.40. The van der Waals surface area contributed by atoms with Crippen molar-refractivity contribution in [1.82, 2.24) is 0 Å². The van der Waals surface area contributed by atoms with Crippen LogP contribution in [0.2, 0.25) is 0 Å². The fourth-order valence-corrected chi connectivity index (χ4v) is 2.01. The molecule has 0 aliphatic heterocycles. The molecule has 0 aliphatic carbocycles. The third-order valence-electron chi connectivity index (χ3n) is 3.09. The Kier molecular flexibility index (Phi) is 3.72. The summed E-state index contributed by atoms with van der Waals surface area (Å²) in [6, 6.07) is 20.3. The van der Waals surface area contributed by atoms with E-state index in [1.165, 1.54) is 0 Å². The monoisotopic (exact) mass is 252 g/mol. The van der Waals surface area contributed by atoms with E-state index < -0.39 is 5.54 Å². The molecule has 19 heavy (non-hydrogen) atoms. The Hall–Kier alpha value is -2.06. The molecule has 0 aliphatic rings. The molecule has 0 bridgehead atoms. The molecule has 2 aromatic carbocycles. The second-order valence-electron chi connectivity index (χ2n) is 5.24. The first kappa shape index (κ1) is 13.4. The highest BCUT2D eigenvalue weighted by atomic mass is 14.8. The smallest absolute Gasteiger partial charge is 0.0505 e. The lowest BCUT2D eigenvalue weighted by Crippen LogP contribution is -2.39. The second kappa shape index (κ2) is 5.29. The number of hydrogen-bond acceptors (Lipinski definition) is 2. The first-order valence-corrected chi connectivity index (χ1v) is 6.40. The van der Waals surface area contributed by atoms with Crippen LogP contribution in [0.25, 0.3) is 5.57 Å². The molecule has 2 aromatic rings. The molecule has 2 rings (SSSR count). The van der Waals surface area contributed by atoms with Gasteiger partial charge in [-0.05, 0) is 25.0 Å². The summed E-state index contributed by atoms with van der Waals surface area (Å²) in [5.41, 5.74) is 15.8. The minimum absolute atomic E-state index is 0.555. The zero-order chi connectivity index (χ0) is 13.9. The fourth-order valence-electron chi connectivity index (χ4n) is 2.01. The normalized spacial score (nSPS) is 11.1. The molecule has 0 spiro atoms. The van der Waals surface area contributed by atoms with Gasteiger partial charge in [0.05, 0.1) is 5.54 Å². The van der Waals surface area contributed by atoms with Crippen LogP contribution in [0.15, 0.2) is 66.4 Å². The zero-order valence-corrected chi connectivity index (χ0v) is 11.4.